The summed E-state index contributed by atoms with van der Waals surface area (Å²) in [6, 6.07) is 9.96. The number of rotatable bonds is 7. The fourth-order valence-electron chi connectivity index (χ4n) is 5.58. The third kappa shape index (κ3) is 4.94. The number of carbonyl (C=O) groups is 1. The Kier molecular flexibility index (Phi) is 6.94. The number of benzene rings is 2. The summed E-state index contributed by atoms with van der Waals surface area (Å²) in [5.74, 6) is -1.68. The zero-order valence-electron chi connectivity index (χ0n) is 20.0. The molecule has 5 nitrogen and oxygen atoms in total. The zero-order chi connectivity index (χ0) is 25.1. The van der Waals surface area contributed by atoms with Crippen molar-refractivity contribution in [2.45, 2.75) is 69.4 Å². The third-order valence-electron chi connectivity index (χ3n) is 7.48. The van der Waals surface area contributed by atoms with Crippen molar-refractivity contribution in [3.8, 4) is 0 Å². The van der Waals surface area contributed by atoms with Crippen LogP contribution in [0, 0.1) is 17.5 Å². The van der Waals surface area contributed by atoms with Crippen molar-refractivity contribution < 1.29 is 18.0 Å². The predicted molar refractivity (Wildman–Crippen MR) is 131 cm³/mol. The molecule has 3 aromatic rings. The molecule has 0 atom stereocenters. The minimum absolute atomic E-state index is 0.101. The molecule has 0 aliphatic heterocycles. The number of nitrogens with one attached hydrogen (secondary N) is 2. The van der Waals surface area contributed by atoms with Gasteiger partial charge in [-0.3, -0.25) is 4.79 Å². The molecule has 0 saturated heterocycles. The minimum Gasteiger partial charge on any atom is -0.351 e. The van der Waals surface area contributed by atoms with Gasteiger partial charge in [0, 0.05) is 35.8 Å². The number of carbonyl (C=O) groups excluding carboxylic acids is 1. The Hall–Kier alpha value is -3.42. The number of hydrogen-bond acceptors (Lipinski definition) is 4. The molecule has 2 aromatic carbocycles. The standard InChI is InChI=1S/C28H29F3N4O/c29-20-11-8-19(9-12-20)28(13-3-4-14-28)25-23(17-33-27(35-25)34-22-5-1-2-6-22)26(36)32-16-18-7-10-21(30)15-24(18)31/h7-12,15,17,22H,1-6,13-14,16H2,(H,32,36)(H,33,34,35). The highest BCUT2D eigenvalue weighted by Crippen LogP contribution is 2.47. The Balaban J connectivity index is 1.51. The molecule has 2 aliphatic carbocycles. The molecule has 36 heavy (non-hydrogen) atoms. The van der Waals surface area contributed by atoms with Crippen LogP contribution in [0.5, 0.6) is 0 Å². The van der Waals surface area contributed by atoms with Gasteiger partial charge in [0.05, 0.1) is 11.3 Å². The molecule has 188 valence electrons. The second-order valence-corrected chi connectivity index (χ2v) is 9.80. The van der Waals surface area contributed by atoms with E-state index in [1.807, 2.05) is 0 Å². The number of halogens is 3. The number of amides is 1. The summed E-state index contributed by atoms with van der Waals surface area (Å²) in [5.41, 5.74) is 1.43. The van der Waals surface area contributed by atoms with Gasteiger partial charge < -0.3 is 10.6 Å². The van der Waals surface area contributed by atoms with E-state index >= 15 is 0 Å². The van der Waals surface area contributed by atoms with Crippen LogP contribution in [0.25, 0.3) is 0 Å². The predicted octanol–water partition coefficient (Wildman–Crippen LogP) is 6.04. The highest BCUT2D eigenvalue weighted by atomic mass is 19.1. The van der Waals surface area contributed by atoms with Crippen LogP contribution in [0.4, 0.5) is 19.1 Å². The van der Waals surface area contributed by atoms with E-state index in [4.69, 9.17) is 4.98 Å². The van der Waals surface area contributed by atoms with Crippen LogP contribution in [0.2, 0.25) is 0 Å². The summed E-state index contributed by atoms with van der Waals surface area (Å²) < 4.78 is 41.2. The normalized spacial score (nSPS) is 17.3. The SMILES string of the molecule is O=C(NCc1ccc(F)cc1F)c1cnc(NC2CCCC2)nc1C1(c2ccc(F)cc2)CCCC1. The minimum atomic E-state index is -0.721. The molecule has 8 heteroatoms. The van der Waals surface area contributed by atoms with Crippen molar-refractivity contribution in [2.24, 2.45) is 0 Å². The Morgan fingerprint density at radius 2 is 1.64 bits per heavy atom. The van der Waals surface area contributed by atoms with Gasteiger partial charge in [-0.25, -0.2) is 23.1 Å². The van der Waals surface area contributed by atoms with Gasteiger partial charge in [0.2, 0.25) is 5.95 Å². The highest BCUT2D eigenvalue weighted by molar-refractivity contribution is 5.95. The Morgan fingerprint density at radius 1 is 0.944 bits per heavy atom. The summed E-state index contributed by atoms with van der Waals surface area (Å²) in [4.78, 5) is 22.7. The molecular formula is C28H29F3N4O. The molecule has 2 aliphatic rings. The van der Waals surface area contributed by atoms with Gasteiger partial charge in [0.25, 0.3) is 5.91 Å². The van der Waals surface area contributed by atoms with E-state index in [0.29, 0.717) is 23.2 Å². The lowest BCUT2D eigenvalue weighted by molar-refractivity contribution is 0.0947. The van der Waals surface area contributed by atoms with E-state index in [9.17, 15) is 18.0 Å². The van der Waals surface area contributed by atoms with Crippen molar-refractivity contribution >= 4 is 11.9 Å². The van der Waals surface area contributed by atoms with Crippen LogP contribution in [0.3, 0.4) is 0 Å². The maximum Gasteiger partial charge on any atom is 0.255 e. The highest BCUT2D eigenvalue weighted by Gasteiger charge is 2.42. The van der Waals surface area contributed by atoms with E-state index in [2.05, 4.69) is 15.6 Å². The van der Waals surface area contributed by atoms with E-state index in [1.54, 1.807) is 12.1 Å². The van der Waals surface area contributed by atoms with Crippen molar-refractivity contribution in [3.05, 3.63) is 88.5 Å². The molecule has 0 spiro atoms. The summed E-state index contributed by atoms with van der Waals surface area (Å²) in [6.45, 7) is -0.101. The maximum atomic E-state index is 14.1. The van der Waals surface area contributed by atoms with Gasteiger partial charge in [-0.1, -0.05) is 43.9 Å². The average molecular weight is 495 g/mol. The quantitative estimate of drug-likeness (QED) is 0.420. The van der Waals surface area contributed by atoms with Gasteiger partial charge in [-0.15, -0.1) is 0 Å². The molecule has 0 unspecified atom stereocenters. The van der Waals surface area contributed by atoms with Crippen molar-refractivity contribution in [1.82, 2.24) is 15.3 Å². The molecule has 1 amide bonds. The molecule has 5 rings (SSSR count). The lowest BCUT2D eigenvalue weighted by Gasteiger charge is -2.31. The molecule has 2 fully saturated rings. The average Bonchev–Trinajstić information content (AvgIpc) is 3.57. The number of anilines is 1. The van der Waals surface area contributed by atoms with Crippen LogP contribution >= 0.6 is 0 Å². The second kappa shape index (κ2) is 10.3. The molecular weight excluding hydrogens is 465 g/mol. The summed E-state index contributed by atoms with van der Waals surface area (Å²) in [6.07, 6.45) is 9.38. The molecule has 0 bridgehead atoms. The van der Waals surface area contributed by atoms with Crippen LogP contribution in [-0.2, 0) is 12.0 Å². The van der Waals surface area contributed by atoms with Gasteiger partial charge in [0.15, 0.2) is 0 Å². The molecule has 2 N–H and O–H groups in total. The second-order valence-electron chi connectivity index (χ2n) is 9.80. The van der Waals surface area contributed by atoms with Gasteiger partial charge in [0.1, 0.15) is 17.5 Å². The number of aromatic nitrogens is 2. The van der Waals surface area contributed by atoms with Gasteiger partial charge in [-0.05, 0) is 49.4 Å². The number of hydrogen-bond donors (Lipinski definition) is 2. The van der Waals surface area contributed by atoms with Crippen molar-refractivity contribution in [2.75, 3.05) is 5.32 Å². The summed E-state index contributed by atoms with van der Waals surface area (Å²) in [7, 11) is 0. The van der Waals surface area contributed by atoms with E-state index < -0.39 is 23.0 Å². The van der Waals surface area contributed by atoms with Gasteiger partial charge >= 0.3 is 0 Å². The first-order valence-corrected chi connectivity index (χ1v) is 12.6. The third-order valence-corrected chi connectivity index (χ3v) is 7.48. The molecule has 1 heterocycles. The topological polar surface area (TPSA) is 66.9 Å². The van der Waals surface area contributed by atoms with E-state index in [-0.39, 0.29) is 17.9 Å². The lowest BCUT2D eigenvalue weighted by atomic mass is 9.74. The molecule has 2 saturated carbocycles. The summed E-state index contributed by atoms with van der Waals surface area (Å²) in [5, 5.41) is 6.17. The zero-order valence-corrected chi connectivity index (χ0v) is 20.0. The Labute approximate surface area is 208 Å². The fraction of sp³-hybridized carbons (Fsp3) is 0.393. The Bertz CT molecular complexity index is 1240. The van der Waals surface area contributed by atoms with Crippen molar-refractivity contribution in [1.29, 1.82) is 0 Å². The van der Waals surface area contributed by atoms with Crippen LogP contribution in [0.15, 0.2) is 48.7 Å². The van der Waals surface area contributed by atoms with Crippen LogP contribution in [0.1, 0.15) is 78.5 Å². The molecule has 1 aromatic heterocycles. The fourth-order valence-corrected chi connectivity index (χ4v) is 5.58. The van der Waals surface area contributed by atoms with E-state index in [0.717, 1.165) is 69.1 Å². The first-order valence-electron chi connectivity index (χ1n) is 12.6. The first-order chi connectivity index (χ1) is 17.4. The monoisotopic (exact) mass is 494 g/mol. The molecule has 0 radical (unpaired) electrons. The lowest BCUT2D eigenvalue weighted by Crippen LogP contribution is -2.33. The van der Waals surface area contributed by atoms with Gasteiger partial charge in [-0.2, -0.15) is 0 Å². The van der Waals surface area contributed by atoms with Crippen molar-refractivity contribution in [3.63, 3.8) is 0 Å². The number of nitrogens with zero attached hydrogens (tertiary/aromatic N) is 2. The summed E-state index contributed by atoms with van der Waals surface area (Å²) >= 11 is 0. The first kappa shape index (κ1) is 24.3. The largest absolute Gasteiger partial charge is 0.351 e. The van der Waals surface area contributed by atoms with Crippen LogP contribution < -0.4 is 10.6 Å². The Morgan fingerprint density at radius 3 is 2.33 bits per heavy atom. The smallest absolute Gasteiger partial charge is 0.255 e. The maximum absolute atomic E-state index is 14.1. The van der Waals surface area contributed by atoms with Crippen LogP contribution in [-0.4, -0.2) is 21.9 Å². The van der Waals surface area contributed by atoms with E-state index in [1.165, 1.54) is 24.4 Å².